The third kappa shape index (κ3) is 2.64. The lowest BCUT2D eigenvalue weighted by Crippen LogP contribution is -2.44. The smallest absolute Gasteiger partial charge is 0.123 e. The van der Waals surface area contributed by atoms with Gasteiger partial charge in [0.25, 0.3) is 0 Å². The van der Waals surface area contributed by atoms with Gasteiger partial charge in [-0.15, -0.1) is 0 Å². The molecule has 17 heavy (non-hydrogen) atoms. The Morgan fingerprint density at radius 1 is 1.24 bits per heavy atom. The van der Waals surface area contributed by atoms with E-state index in [1.54, 1.807) is 0 Å². The molecule has 2 saturated heterocycles. The number of piperidine rings is 1. The number of ether oxygens (including phenoxy) is 1. The molecule has 3 fully saturated rings. The largest absolute Gasteiger partial charge is 0.376 e. The lowest BCUT2D eigenvalue weighted by molar-refractivity contribution is 0.0207. The van der Waals surface area contributed by atoms with Crippen LogP contribution in [-0.2, 0) is 4.74 Å². The summed E-state index contributed by atoms with van der Waals surface area (Å²) in [5, 5.41) is 0. The monoisotopic (exact) mass is 242 g/mol. The lowest BCUT2D eigenvalue weighted by atomic mass is 9.88. The van der Waals surface area contributed by atoms with Gasteiger partial charge in [-0.2, -0.15) is 0 Å². The molecule has 3 nitrogen and oxygen atoms in total. The van der Waals surface area contributed by atoms with Crippen LogP contribution in [0.5, 0.6) is 0 Å². The van der Waals surface area contributed by atoms with Crippen molar-refractivity contribution in [2.45, 2.75) is 49.9 Å². The van der Waals surface area contributed by atoms with Crippen molar-refractivity contribution in [3.05, 3.63) is 0 Å². The first-order valence-corrected chi connectivity index (χ1v) is 6.95. The Morgan fingerprint density at radius 2 is 1.94 bits per heavy atom. The zero-order chi connectivity index (χ0) is 11.9. The van der Waals surface area contributed by atoms with Gasteiger partial charge in [-0.05, 0) is 51.1 Å². The van der Waals surface area contributed by atoms with Crippen LogP contribution in [0.25, 0.3) is 0 Å². The number of nitrogens with two attached hydrogens (primary N) is 1. The third-order valence-corrected chi connectivity index (χ3v) is 4.58. The minimum Gasteiger partial charge on any atom is -0.376 e. The van der Waals surface area contributed by atoms with Gasteiger partial charge < -0.3 is 15.4 Å². The summed E-state index contributed by atoms with van der Waals surface area (Å²) in [6, 6.07) is 0.225. The van der Waals surface area contributed by atoms with Gasteiger partial charge in [-0.25, -0.2) is 4.39 Å². The van der Waals surface area contributed by atoms with Gasteiger partial charge in [-0.3, -0.25) is 0 Å². The number of likely N-dealkylation sites (tertiary alicyclic amines) is 1. The number of alkyl halides is 1. The average Bonchev–Trinajstić information content (AvgIpc) is 2.87. The fourth-order valence-electron chi connectivity index (χ4n) is 3.25. The molecule has 3 aliphatic rings. The molecule has 2 aliphatic heterocycles. The van der Waals surface area contributed by atoms with Crippen LogP contribution in [0.15, 0.2) is 0 Å². The molecule has 2 N–H and O–H groups in total. The highest BCUT2D eigenvalue weighted by molar-refractivity contribution is 4.98. The fourth-order valence-corrected chi connectivity index (χ4v) is 3.25. The van der Waals surface area contributed by atoms with Crippen molar-refractivity contribution in [2.24, 2.45) is 11.7 Å². The minimum absolute atomic E-state index is 0.225. The maximum Gasteiger partial charge on any atom is 0.123 e. The highest BCUT2D eigenvalue weighted by Crippen LogP contribution is 2.41. The molecule has 0 unspecified atom stereocenters. The Labute approximate surface area is 102 Å². The first kappa shape index (κ1) is 11.9. The molecule has 3 rings (SSSR count). The Balaban J connectivity index is 1.47. The SMILES string of the molecule is N[C@@H]1CCO[C@H]1C1CCN(CC2(F)CC2)CC1. The second-order valence-corrected chi connectivity index (χ2v) is 6.05. The van der Waals surface area contributed by atoms with Crippen LogP contribution >= 0.6 is 0 Å². The maximum absolute atomic E-state index is 13.7. The molecule has 0 aromatic rings. The van der Waals surface area contributed by atoms with Crippen LogP contribution in [-0.4, -0.2) is 49.0 Å². The van der Waals surface area contributed by atoms with Crippen LogP contribution in [0.4, 0.5) is 4.39 Å². The van der Waals surface area contributed by atoms with E-state index in [-0.39, 0.29) is 12.1 Å². The predicted molar refractivity (Wildman–Crippen MR) is 64.6 cm³/mol. The van der Waals surface area contributed by atoms with Crippen molar-refractivity contribution in [1.82, 2.24) is 4.90 Å². The molecule has 0 spiro atoms. The van der Waals surface area contributed by atoms with Gasteiger partial charge >= 0.3 is 0 Å². The maximum atomic E-state index is 13.7. The summed E-state index contributed by atoms with van der Waals surface area (Å²) in [6.45, 7) is 3.50. The van der Waals surface area contributed by atoms with Crippen LogP contribution in [0.2, 0.25) is 0 Å². The number of rotatable bonds is 3. The van der Waals surface area contributed by atoms with E-state index < -0.39 is 5.67 Å². The van der Waals surface area contributed by atoms with Crippen molar-refractivity contribution in [2.75, 3.05) is 26.2 Å². The number of hydrogen-bond donors (Lipinski definition) is 1. The van der Waals surface area contributed by atoms with Crippen LogP contribution in [0.3, 0.4) is 0 Å². The average molecular weight is 242 g/mol. The molecule has 1 aliphatic carbocycles. The molecule has 0 radical (unpaired) electrons. The molecular weight excluding hydrogens is 219 g/mol. The summed E-state index contributed by atoms with van der Waals surface area (Å²) >= 11 is 0. The molecule has 1 saturated carbocycles. The van der Waals surface area contributed by atoms with Gasteiger partial charge in [0.15, 0.2) is 0 Å². The van der Waals surface area contributed by atoms with Crippen molar-refractivity contribution in [3.8, 4) is 0 Å². The zero-order valence-corrected chi connectivity index (χ0v) is 10.4. The standard InChI is InChI=1S/C13H23FN2O/c14-13(4-5-13)9-16-6-1-10(2-7-16)12-11(15)3-8-17-12/h10-12H,1-9,15H2/t11-,12+/m1/s1. The number of hydrogen-bond acceptors (Lipinski definition) is 3. The molecule has 2 heterocycles. The second-order valence-electron chi connectivity index (χ2n) is 6.05. The summed E-state index contributed by atoms with van der Waals surface area (Å²) < 4.78 is 19.4. The number of nitrogens with zero attached hydrogens (tertiary/aromatic N) is 1. The first-order valence-electron chi connectivity index (χ1n) is 6.95. The quantitative estimate of drug-likeness (QED) is 0.811. The number of halogens is 1. The van der Waals surface area contributed by atoms with Gasteiger partial charge in [-0.1, -0.05) is 0 Å². The highest BCUT2D eigenvalue weighted by atomic mass is 19.1. The summed E-state index contributed by atoms with van der Waals surface area (Å²) in [5.74, 6) is 0.596. The topological polar surface area (TPSA) is 38.5 Å². The molecule has 0 amide bonds. The van der Waals surface area contributed by atoms with E-state index >= 15 is 0 Å². The zero-order valence-electron chi connectivity index (χ0n) is 10.4. The lowest BCUT2D eigenvalue weighted by Gasteiger charge is -2.36. The first-order chi connectivity index (χ1) is 8.16. The van der Waals surface area contributed by atoms with Crippen molar-refractivity contribution in [1.29, 1.82) is 0 Å². The Morgan fingerprint density at radius 3 is 2.47 bits per heavy atom. The van der Waals surface area contributed by atoms with Crippen molar-refractivity contribution >= 4 is 0 Å². The van der Waals surface area contributed by atoms with E-state index in [0.29, 0.717) is 12.5 Å². The summed E-state index contributed by atoms with van der Waals surface area (Å²) in [6.07, 6.45) is 5.03. The minimum atomic E-state index is -0.840. The Bertz CT molecular complexity index is 275. The Hall–Kier alpha value is -0.190. The van der Waals surface area contributed by atoms with Gasteiger partial charge in [0.1, 0.15) is 5.67 Å². The van der Waals surface area contributed by atoms with E-state index in [2.05, 4.69) is 4.90 Å². The molecule has 98 valence electrons. The summed E-state index contributed by atoms with van der Waals surface area (Å²) in [4.78, 5) is 2.28. The highest BCUT2D eigenvalue weighted by Gasteiger charge is 2.45. The summed E-state index contributed by atoms with van der Waals surface area (Å²) in [7, 11) is 0. The van der Waals surface area contributed by atoms with E-state index in [4.69, 9.17) is 10.5 Å². The van der Waals surface area contributed by atoms with Crippen molar-refractivity contribution < 1.29 is 9.13 Å². The molecule has 2 atom stereocenters. The van der Waals surface area contributed by atoms with E-state index in [9.17, 15) is 4.39 Å². The van der Waals surface area contributed by atoms with Crippen molar-refractivity contribution in [3.63, 3.8) is 0 Å². The van der Waals surface area contributed by atoms with Crippen LogP contribution in [0.1, 0.15) is 32.1 Å². The predicted octanol–water partition coefficient (Wildman–Crippen LogP) is 1.32. The van der Waals surface area contributed by atoms with Gasteiger partial charge in [0.2, 0.25) is 0 Å². The molecule has 0 bridgehead atoms. The fraction of sp³-hybridized carbons (Fsp3) is 1.00. The second kappa shape index (κ2) is 4.48. The van der Waals surface area contributed by atoms with Gasteiger partial charge in [0, 0.05) is 19.2 Å². The molecule has 0 aromatic carbocycles. The van der Waals surface area contributed by atoms with E-state index in [1.165, 1.54) is 0 Å². The normalized spacial score (nSPS) is 38.5. The van der Waals surface area contributed by atoms with E-state index in [0.717, 1.165) is 51.8 Å². The molecule has 4 heteroatoms. The van der Waals surface area contributed by atoms with Crippen LogP contribution in [0, 0.1) is 5.92 Å². The van der Waals surface area contributed by atoms with Gasteiger partial charge in [0.05, 0.1) is 6.10 Å². The third-order valence-electron chi connectivity index (χ3n) is 4.58. The van der Waals surface area contributed by atoms with Crippen LogP contribution < -0.4 is 5.73 Å². The molecular formula is C13H23FN2O. The summed E-state index contributed by atoms with van der Waals surface area (Å²) in [5.41, 5.74) is 5.22. The Kier molecular flexibility index (Phi) is 3.13. The molecule has 0 aromatic heterocycles. The van der Waals surface area contributed by atoms with E-state index in [1.807, 2.05) is 0 Å².